The maximum atomic E-state index is 13.0. The zero-order valence-corrected chi connectivity index (χ0v) is 19.3. The van der Waals surface area contributed by atoms with Crippen molar-refractivity contribution >= 4 is 23.9 Å². The summed E-state index contributed by atoms with van der Waals surface area (Å²) in [6.45, 7) is 9.87. The predicted molar refractivity (Wildman–Crippen MR) is 113 cm³/mol. The highest BCUT2D eigenvalue weighted by atomic mass is 19.4. The number of hydrogen-bond acceptors (Lipinski definition) is 5. The number of amides is 3. The number of nitrogens with zero attached hydrogens (tertiary/aromatic N) is 2. The first kappa shape index (κ1) is 26.2. The van der Waals surface area contributed by atoms with Gasteiger partial charge in [0.15, 0.2) is 0 Å². The molecule has 0 spiro atoms. The second-order valence-electron chi connectivity index (χ2n) is 9.58. The highest BCUT2D eigenvalue weighted by molar-refractivity contribution is 5.96. The van der Waals surface area contributed by atoms with Crippen LogP contribution in [0.4, 0.5) is 28.6 Å². The molecule has 0 saturated carbocycles. The maximum absolute atomic E-state index is 13.0. The summed E-state index contributed by atoms with van der Waals surface area (Å²) in [5, 5.41) is 14.6. The minimum atomic E-state index is -4.70. The number of likely N-dealkylation sites (tertiary alicyclic amines) is 1. The van der Waals surface area contributed by atoms with Crippen LogP contribution >= 0.6 is 0 Å². The van der Waals surface area contributed by atoms with Crippen molar-refractivity contribution in [1.82, 2.24) is 15.2 Å². The number of carbonyl (C=O) groups is 3. The third-order valence-electron chi connectivity index (χ3n) is 5.32. The van der Waals surface area contributed by atoms with E-state index in [0.717, 1.165) is 11.0 Å². The molecule has 1 aliphatic heterocycles. The van der Waals surface area contributed by atoms with Crippen molar-refractivity contribution < 1.29 is 37.4 Å². The van der Waals surface area contributed by atoms with E-state index in [4.69, 9.17) is 4.74 Å². The van der Waals surface area contributed by atoms with Gasteiger partial charge in [-0.2, -0.15) is 13.2 Å². The molecular formula is C21H29F3N4O5. The molecular weight excluding hydrogens is 445 g/mol. The summed E-state index contributed by atoms with van der Waals surface area (Å²) in [6.07, 6.45) is -6.71. The van der Waals surface area contributed by atoms with Gasteiger partial charge in [-0.15, -0.1) is 0 Å². The lowest BCUT2D eigenvalue weighted by Gasteiger charge is -2.33. The summed E-state index contributed by atoms with van der Waals surface area (Å²) >= 11 is 0. The lowest BCUT2D eigenvalue weighted by Crippen LogP contribution is -2.51. The molecule has 3 N–H and O–H groups in total. The molecule has 0 bridgehead atoms. The molecule has 12 heteroatoms. The van der Waals surface area contributed by atoms with E-state index in [2.05, 4.69) is 15.6 Å². The van der Waals surface area contributed by atoms with E-state index in [-0.39, 0.29) is 18.8 Å². The summed E-state index contributed by atoms with van der Waals surface area (Å²) in [4.78, 5) is 41.2. The van der Waals surface area contributed by atoms with Gasteiger partial charge in [-0.3, -0.25) is 9.69 Å². The molecule has 33 heavy (non-hydrogen) atoms. The third kappa shape index (κ3) is 6.72. The van der Waals surface area contributed by atoms with Crippen molar-refractivity contribution in [3.05, 3.63) is 23.4 Å². The third-order valence-corrected chi connectivity index (χ3v) is 5.32. The van der Waals surface area contributed by atoms with Crippen LogP contribution in [0.25, 0.3) is 0 Å². The number of alkyl carbamates (subject to hydrolysis) is 1. The van der Waals surface area contributed by atoms with Gasteiger partial charge >= 0.3 is 18.4 Å². The van der Waals surface area contributed by atoms with E-state index < -0.39 is 53.1 Å². The Morgan fingerprint density at radius 3 is 2.27 bits per heavy atom. The van der Waals surface area contributed by atoms with Crippen molar-refractivity contribution in [3.8, 4) is 0 Å². The highest BCUT2D eigenvalue weighted by Crippen LogP contribution is 2.33. The van der Waals surface area contributed by atoms with E-state index in [1.807, 2.05) is 0 Å². The zero-order chi connectivity index (χ0) is 25.4. The van der Waals surface area contributed by atoms with Crippen LogP contribution in [0, 0.1) is 12.8 Å². The van der Waals surface area contributed by atoms with Gasteiger partial charge in [-0.05, 0) is 59.6 Å². The molecule has 1 fully saturated rings. The number of halogens is 3. The number of alkyl halides is 3. The Labute approximate surface area is 189 Å². The van der Waals surface area contributed by atoms with Crippen LogP contribution < -0.4 is 10.6 Å². The molecule has 2 atom stereocenters. The van der Waals surface area contributed by atoms with Gasteiger partial charge in [0, 0.05) is 18.0 Å². The van der Waals surface area contributed by atoms with Gasteiger partial charge in [-0.1, -0.05) is 6.07 Å². The van der Waals surface area contributed by atoms with Crippen LogP contribution in [0.2, 0.25) is 0 Å². The van der Waals surface area contributed by atoms with Crippen LogP contribution in [-0.2, 0) is 15.7 Å². The molecule has 1 aliphatic rings. The van der Waals surface area contributed by atoms with Gasteiger partial charge in [0.25, 0.3) is 0 Å². The van der Waals surface area contributed by atoms with E-state index in [1.54, 1.807) is 34.6 Å². The maximum Gasteiger partial charge on any atom is 0.433 e. The topological polar surface area (TPSA) is 121 Å². The number of aryl methyl sites for hydroxylation is 1. The first-order valence-electron chi connectivity index (χ1n) is 10.3. The van der Waals surface area contributed by atoms with E-state index in [1.165, 1.54) is 13.0 Å². The van der Waals surface area contributed by atoms with Crippen LogP contribution in [0.5, 0.6) is 0 Å². The smallest absolute Gasteiger partial charge is 0.433 e. The number of rotatable bonds is 4. The minimum absolute atomic E-state index is 0.0406. The van der Waals surface area contributed by atoms with Gasteiger partial charge in [0.05, 0.1) is 0 Å². The molecule has 1 saturated heterocycles. The van der Waals surface area contributed by atoms with Crippen molar-refractivity contribution in [2.45, 2.75) is 71.3 Å². The van der Waals surface area contributed by atoms with Crippen LogP contribution in [0.1, 0.15) is 52.3 Å². The van der Waals surface area contributed by atoms with Gasteiger partial charge in [0.1, 0.15) is 23.2 Å². The molecule has 0 aliphatic carbocycles. The molecule has 184 valence electrons. The monoisotopic (exact) mass is 474 g/mol. The van der Waals surface area contributed by atoms with Crippen LogP contribution in [-0.4, -0.2) is 56.8 Å². The fraction of sp³-hybridized carbons (Fsp3) is 0.619. The van der Waals surface area contributed by atoms with Crippen molar-refractivity contribution in [3.63, 3.8) is 0 Å². The highest BCUT2D eigenvalue weighted by Gasteiger charge is 2.46. The molecule has 3 amide bonds. The molecule has 0 unspecified atom stereocenters. The number of nitrogens with one attached hydrogen (secondary N) is 2. The van der Waals surface area contributed by atoms with E-state index >= 15 is 0 Å². The summed E-state index contributed by atoms with van der Waals surface area (Å²) in [5.74, 6) is -1.56. The Balaban J connectivity index is 2.20. The number of carbonyl (C=O) groups excluding carboxylic acids is 2. The Bertz CT molecular complexity index is 927. The summed E-state index contributed by atoms with van der Waals surface area (Å²) < 4.78 is 44.2. The SMILES string of the molecule is Cc1ccc(C(F)(F)F)nc1NC(=O)[C@@H]1C[C@H](C(C)(C)NC(=O)OC(C)(C)C)CN1C(=O)O. The first-order chi connectivity index (χ1) is 14.9. The lowest BCUT2D eigenvalue weighted by atomic mass is 9.85. The number of anilines is 1. The van der Waals surface area contributed by atoms with Crippen molar-refractivity contribution in [2.24, 2.45) is 5.92 Å². The second-order valence-corrected chi connectivity index (χ2v) is 9.58. The zero-order valence-electron chi connectivity index (χ0n) is 19.3. The second kappa shape index (κ2) is 9.06. The average molecular weight is 474 g/mol. The lowest BCUT2D eigenvalue weighted by molar-refractivity contribution is -0.141. The molecule has 9 nitrogen and oxygen atoms in total. The Kier molecular flexibility index (Phi) is 7.20. The number of pyridine rings is 1. The Hall–Kier alpha value is -3.05. The van der Waals surface area contributed by atoms with Gasteiger partial charge in [0.2, 0.25) is 5.91 Å². The predicted octanol–water partition coefficient (Wildman–Crippen LogP) is 4.02. The summed E-state index contributed by atoms with van der Waals surface area (Å²) in [5.41, 5.74) is -2.55. The van der Waals surface area contributed by atoms with Crippen molar-refractivity contribution in [2.75, 3.05) is 11.9 Å². The average Bonchev–Trinajstić information content (AvgIpc) is 3.07. The van der Waals surface area contributed by atoms with Gasteiger partial charge in [-0.25, -0.2) is 14.6 Å². The summed E-state index contributed by atoms with van der Waals surface area (Å²) in [6, 6.07) is 0.791. The number of ether oxygens (including phenoxy) is 1. The van der Waals surface area contributed by atoms with E-state index in [9.17, 15) is 32.7 Å². The first-order valence-corrected chi connectivity index (χ1v) is 10.3. The standard InChI is InChI=1S/C21H29F3N4O5/c1-11-7-8-14(21(22,23)24)25-15(11)26-16(29)13-9-12(10-28(13)18(31)32)20(5,6)27-17(30)33-19(2,3)4/h7-8,12-13H,9-10H2,1-6H3,(H,27,30)(H,31,32)(H,25,26,29)/t12-,13-/m0/s1. The molecule has 2 heterocycles. The fourth-order valence-electron chi connectivity index (χ4n) is 3.50. The van der Waals surface area contributed by atoms with Crippen LogP contribution in [0.15, 0.2) is 12.1 Å². The Morgan fingerprint density at radius 2 is 1.76 bits per heavy atom. The molecule has 1 aromatic rings. The molecule has 2 rings (SSSR count). The minimum Gasteiger partial charge on any atom is -0.465 e. The largest absolute Gasteiger partial charge is 0.465 e. The number of carboxylic acid groups (broad SMARTS) is 1. The van der Waals surface area contributed by atoms with E-state index in [0.29, 0.717) is 5.56 Å². The van der Waals surface area contributed by atoms with Gasteiger partial charge < -0.3 is 20.5 Å². The normalized spacial score (nSPS) is 19.2. The molecule has 0 aromatic carbocycles. The fourth-order valence-corrected chi connectivity index (χ4v) is 3.50. The number of hydrogen-bond donors (Lipinski definition) is 3. The summed E-state index contributed by atoms with van der Waals surface area (Å²) in [7, 11) is 0. The quantitative estimate of drug-likeness (QED) is 0.606. The Morgan fingerprint density at radius 1 is 1.15 bits per heavy atom. The number of aromatic nitrogens is 1. The van der Waals surface area contributed by atoms with Crippen molar-refractivity contribution in [1.29, 1.82) is 0 Å². The van der Waals surface area contributed by atoms with Crippen LogP contribution in [0.3, 0.4) is 0 Å². The molecule has 1 aromatic heterocycles. The molecule has 0 radical (unpaired) electrons.